The highest BCUT2D eigenvalue weighted by atomic mass is 32.2. The molecule has 8 heteroatoms. The molecule has 1 aliphatic rings. The molecule has 1 amide bonds. The first kappa shape index (κ1) is 14.9. The molecule has 1 aromatic carbocycles. The zero-order valence-corrected chi connectivity index (χ0v) is 13.4. The summed E-state index contributed by atoms with van der Waals surface area (Å²) in [6.45, 7) is 0. The summed E-state index contributed by atoms with van der Waals surface area (Å²) in [5, 5.41) is 10.7. The van der Waals surface area contributed by atoms with E-state index >= 15 is 0 Å². The summed E-state index contributed by atoms with van der Waals surface area (Å²) >= 11 is 7.48. The second-order valence-electron chi connectivity index (χ2n) is 4.29. The molecule has 5 nitrogen and oxygen atoms in total. The van der Waals surface area contributed by atoms with E-state index in [-0.39, 0.29) is 10.9 Å². The molecule has 1 aromatic heterocycles. The summed E-state index contributed by atoms with van der Waals surface area (Å²) in [6.07, 6.45) is 1.64. The Hall–Kier alpha value is -2.03. The predicted octanol–water partition coefficient (Wildman–Crippen LogP) is 4.06. The van der Waals surface area contributed by atoms with E-state index in [1.54, 1.807) is 12.1 Å². The number of para-hydroxylation sites is 1. The summed E-state index contributed by atoms with van der Waals surface area (Å²) in [5.74, 6) is -0.211. The molecule has 2 heterocycles. The van der Waals surface area contributed by atoms with Gasteiger partial charge >= 0.3 is 5.00 Å². The molecule has 110 valence electrons. The van der Waals surface area contributed by atoms with Crippen LogP contribution in [0.5, 0.6) is 0 Å². The topological polar surface area (TPSA) is 63.4 Å². The number of carbonyl (C=O) groups excluding carboxylic acids is 1. The van der Waals surface area contributed by atoms with Crippen molar-refractivity contribution in [3.63, 3.8) is 0 Å². The Morgan fingerprint density at radius 3 is 2.55 bits per heavy atom. The van der Waals surface area contributed by atoms with Gasteiger partial charge in [-0.2, -0.15) is 0 Å². The van der Waals surface area contributed by atoms with Crippen molar-refractivity contribution in [1.82, 2.24) is 0 Å². The van der Waals surface area contributed by atoms with Gasteiger partial charge in [0.25, 0.3) is 5.91 Å². The van der Waals surface area contributed by atoms with Crippen LogP contribution in [-0.4, -0.2) is 15.2 Å². The molecule has 0 aliphatic carbocycles. The van der Waals surface area contributed by atoms with E-state index in [1.807, 2.05) is 30.3 Å². The maximum absolute atomic E-state index is 12.5. The van der Waals surface area contributed by atoms with Crippen molar-refractivity contribution in [3.05, 3.63) is 62.4 Å². The predicted molar refractivity (Wildman–Crippen MR) is 93.1 cm³/mol. The van der Waals surface area contributed by atoms with Crippen LogP contribution in [0, 0.1) is 10.1 Å². The minimum Gasteiger partial charge on any atom is -0.268 e. The molecule has 1 fully saturated rings. The molecular weight excluding hydrogens is 340 g/mol. The van der Waals surface area contributed by atoms with Crippen LogP contribution in [0.3, 0.4) is 0 Å². The molecule has 1 aliphatic heterocycles. The van der Waals surface area contributed by atoms with Crippen LogP contribution in [-0.2, 0) is 4.79 Å². The van der Waals surface area contributed by atoms with Gasteiger partial charge in [0.15, 0.2) is 4.32 Å². The van der Waals surface area contributed by atoms with E-state index in [4.69, 9.17) is 12.2 Å². The maximum atomic E-state index is 12.5. The lowest BCUT2D eigenvalue weighted by Gasteiger charge is -2.13. The fourth-order valence-corrected chi connectivity index (χ4v) is 4.04. The fraction of sp³-hybridized carbons (Fsp3) is 0. The number of nitro groups is 1. The van der Waals surface area contributed by atoms with Gasteiger partial charge in [0.05, 0.1) is 15.5 Å². The average molecular weight is 348 g/mol. The van der Waals surface area contributed by atoms with Crippen molar-refractivity contribution in [2.75, 3.05) is 4.90 Å². The minimum atomic E-state index is -0.447. The number of nitrogens with zero attached hydrogens (tertiary/aromatic N) is 2. The van der Waals surface area contributed by atoms with Gasteiger partial charge in [0.1, 0.15) is 0 Å². The smallest absolute Gasteiger partial charge is 0.268 e. The molecule has 0 saturated carbocycles. The van der Waals surface area contributed by atoms with Crippen LogP contribution in [0.2, 0.25) is 0 Å². The SMILES string of the molecule is O=C1/C(=C\c2ccc([N+](=O)[O-])s2)SC(=S)N1c1ccccc1. The van der Waals surface area contributed by atoms with Gasteiger partial charge in [-0.25, -0.2) is 0 Å². The van der Waals surface area contributed by atoms with Gasteiger partial charge in [0.2, 0.25) is 0 Å². The Morgan fingerprint density at radius 2 is 1.91 bits per heavy atom. The number of amides is 1. The Labute approximate surface area is 139 Å². The normalized spacial score (nSPS) is 16.5. The van der Waals surface area contributed by atoms with Gasteiger partial charge < -0.3 is 0 Å². The second-order valence-corrected chi connectivity index (χ2v) is 7.06. The van der Waals surface area contributed by atoms with E-state index in [1.165, 1.54) is 22.7 Å². The van der Waals surface area contributed by atoms with E-state index in [9.17, 15) is 14.9 Å². The monoisotopic (exact) mass is 348 g/mol. The Kier molecular flexibility index (Phi) is 4.06. The second kappa shape index (κ2) is 5.99. The third kappa shape index (κ3) is 2.80. The fourth-order valence-electron chi connectivity index (χ4n) is 1.91. The molecule has 22 heavy (non-hydrogen) atoms. The number of carbonyl (C=O) groups is 1. The number of thioether (sulfide) groups is 1. The van der Waals surface area contributed by atoms with Crippen LogP contribution in [0.15, 0.2) is 47.4 Å². The van der Waals surface area contributed by atoms with Crippen LogP contribution in [0.1, 0.15) is 4.88 Å². The van der Waals surface area contributed by atoms with Crippen LogP contribution >= 0.6 is 35.3 Å². The van der Waals surface area contributed by atoms with Gasteiger partial charge in [-0.05, 0) is 24.3 Å². The largest absolute Gasteiger partial charge is 0.324 e. The Morgan fingerprint density at radius 1 is 1.18 bits per heavy atom. The molecule has 0 N–H and O–H groups in total. The summed E-state index contributed by atoms with van der Waals surface area (Å²) in [6, 6.07) is 12.2. The standard InChI is InChI=1S/C14H8N2O3S3/c17-13-11(8-10-6-7-12(21-10)16(18)19)22-14(20)15(13)9-4-2-1-3-5-9/h1-8H/b11-8+. The van der Waals surface area contributed by atoms with Crippen molar-refractivity contribution in [2.24, 2.45) is 0 Å². The lowest BCUT2D eigenvalue weighted by atomic mass is 10.3. The zero-order chi connectivity index (χ0) is 15.7. The number of thiophene rings is 1. The summed E-state index contributed by atoms with van der Waals surface area (Å²) in [4.78, 5) is 25.3. The third-order valence-corrected chi connectivity index (χ3v) is 5.16. The Bertz CT molecular complexity index is 799. The van der Waals surface area contributed by atoms with Crippen molar-refractivity contribution in [2.45, 2.75) is 0 Å². The lowest BCUT2D eigenvalue weighted by Crippen LogP contribution is -2.27. The quantitative estimate of drug-likeness (QED) is 0.362. The maximum Gasteiger partial charge on any atom is 0.324 e. The first-order valence-electron chi connectivity index (χ1n) is 6.13. The van der Waals surface area contributed by atoms with Gasteiger partial charge in [-0.3, -0.25) is 19.8 Å². The van der Waals surface area contributed by atoms with E-state index in [2.05, 4.69) is 0 Å². The molecule has 0 atom stereocenters. The molecule has 0 unspecified atom stereocenters. The van der Waals surface area contributed by atoms with Crippen molar-refractivity contribution in [1.29, 1.82) is 0 Å². The molecule has 0 radical (unpaired) electrons. The van der Waals surface area contributed by atoms with Crippen molar-refractivity contribution in [3.8, 4) is 0 Å². The average Bonchev–Trinajstić information content (AvgIpc) is 3.06. The number of benzene rings is 1. The summed E-state index contributed by atoms with van der Waals surface area (Å²) < 4.78 is 0.452. The highest BCUT2D eigenvalue weighted by Crippen LogP contribution is 2.37. The third-order valence-electron chi connectivity index (χ3n) is 2.87. The number of hydrogen-bond donors (Lipinski definition) is 0. The molecular formula is C14H8N2O3S3. The zero-order valence-electron chi connectivity index (χ0n) is 11.0. The van der Waals surface area contributed by atoms with E-state index < -0.39 is 4.92 Å². The number of anilines is 1. The lowest BCUT2D eigenvalue weighted by molar-refractivity contribution is -0.380. The first-order chi connectivity index (χ1) is 10.6. The van der Waals surface area contributed by atoms with Gasteiger partial charge in [-0.15, -0.1) is 0 Å². The highest BCUT2D eigenvalue weighted by Gasteiger charge is 2.33. The van der Waals surface area contributed by atoms with Crippen LogP contribution in [0.4, 0.5) is 10.7 Å². The molecule has 0 spiro atoms. The molecule has 3 rings (SSSR count). The summed E-state index contributed by atoms with van der Waals surface area (Å²) in [5.41, 5.74) is 0.713. The van der Waals surface area contributed by atoms with Crippen molar-refractivity contribution >= 4 is 62.3 Å². The number of hydrogen-bond acceptors (Lipinski definition) is 6. The number of thiocarbonyl (C=S) groups is 1. The van der Waals surface area contributed by atoms with E-state index in [0.29, 0.717) is 19.8 Å². The highest BCUT2D eigenvalue weighted by molar-refractivity contribution is 8.27. The van der Waals surface area contributed by atoms with Crippen LogP contribution < -0.4 is 4.90 Å². The van der Waals surface area contributed by atoms with Gasteiger partial charge in [0, 0.05) is 10.9 Å². The number of rotatable bonds is 3. The Balaban J connectivity index is 1.90. The minimum absolute atomic E-state index is 0.0461. The summed E-state index contributed by atoms with van der Waals surface area (Å²) in [7, 11) is 0. The van der Waals surface area contributed by atoms with Crippen molar-refractivity contribution < 1.29 is 9.72 Å². The molecule has 0 bridgehead atoms. The van der Waals surface area contributed by atoms with E-state index in [0.717, 1.165) is 11.3 Å². The first-order valence-corrected chi connectivity index (χ1v) is 8.17. The molecule has 2 aromatic rings. The van der Waals surface area contributed by atoms with Gasteiger partial charge in [-0.1, -0.05) is 53.5 Å². The van der Waals surface area contributed by atoms with Crippen LogP contribution in [0.25, 0.3) is 6.08 Å². The molecule has 1 saturated heterocycles.